The van der Waals surface area contributed by atoms with E-state index in [1.165, 1.54) is 12.2 Å². The molecule has 2 aliphatic heterocycles. The van der Waals surface area contributed by atoms with Crippen LogP contribution in [0.2, 0.25) is 0 Å². The molecule has 4 aromatic rings. The van der Waals surface area contributed by atoms with Gasteiger partial charge >= 0.3 is 0 Å². The number of nitrogens with one attached hydrogen (secondary N) is 3. The molecule has 0 aliphatic carbocycles. The number of fused-ring (bicyclic) bond motifs is 2. The van der Waals surface area contributed by atoms with Crippen molar-refractivity contribution in [2.24, 2.45) is 32.9 Å². The maximum absolute atomic E-state index is 13.8. The molecule has 11 N–H and O–H groups in total. The van der Waals surface area contributed by atoms with E-state index in [9.17, 15) is 33.6 Å². The number of primary amides is 2. The molecule has 2 aromatic heterocycles. The number of carbonyl (C=O) groups is 7. The molecule has 2 aromatic carbocycles. The molecule has 1 saturated heterocycles. The van der Waals surface area contributed by atoms with E-state index in [1.54, 1.807) is 67.2 Å². The van der Waals surface area contributed by atoms with Gasteiger partial charge in [0.15, 0.2) is 0 Å². The van der Waals surface area contributed by atoms with E-state index in [0.29, 0.717) is 184 Å². The van der Waals surface area contributed by atoms with E-state index in [1.807, 2.05) is 12.2 Å². The highest BCUT2D eigenvalue weighted by Crippen LogP contribution is 2.32. The molecule has 0 spiro atoms. The maximum atomic E-state index is 13.8. The molecule has 4 heterocycles. The van der Waals surface area contributed by atoms with Gasteiger partial charge in [-0.15, -0.1) is 0 Å². The van der Waals surface area contributed by atoms with Crippen molar-refractivity contribution in [3.8, 4) is 5.75 Å². The predicted octanol–water partition coefficient (Wildman–Crippen LogP) is 0.958. The lowest BCUT2D eigenvalue weighted by Crippen LogP contribution is -2.47. The van der Waals surface area contributed by atoms with Crippen molar-refractivity contribution < 1.29 is 85.7 Å². The average molecular weight is 1440 g/mol. The number of imide groups is 1. The normalized spacial score (nSPS) is 14.3. The van der Waals surface area contributed by atoms with E-state index in [4.69, 9.17) is 80.0 Å². The second kappa shape index (κ2) is 47.4. The molecule has 0 saturated carbocycles. The lowest BCUT2D eigenvalue weighted by Gasteiger charge is -2.34. The van der Waals surface area contributed by atoms with Crippen LogP contribution in [0.1, 0.15) is 54.8 Å². The van der Waals surface area contributed by atoms with Crippen molar-refractivity contribution in [1.82, 2.24) is 39.1 Å². The highest BCUT2D eigenvalue weighted by atomic mass is 16.6. The first-order valence-corrected chi connectivity index (χ1v) is 34.5. The van der Waals surface area contributed by atoms with Crippen LogP contribution in [0.5, 0.6) is 5.75 Å². The second-order valence-corrected chi connectivity index (χ2v) is 23.2. The van der Waals surface area contributed by atoms with Gasteiger partial charge < -0.3 is 94.4 Å². The van der Waals surface area contributed by atoms with Crippen molar-refractivity contribution in [3.63, 3.8) is 0 Å². The van der Waals surface area contributed by atoms with Crippen LogP contribution < -0.4 is 43.6 Å². The number of anilines is 2. The van der Waals surface area contributed by atoms with Gasteiger partial charge in [-0.05, 0) is 76.6 Å². The molecule has 1 fully saturated rings. The summed E-state index contributed by atoms with van der Waals surface area (Å²) in [6.45, 7) is 21.7. The molecular weight excluding hydrogens is 1340 g/mol. The fourth-order valence-corrected chi connectivity index (χ4v) is 10.2. The van der Waals surface area contributed by atoms with Crippen LogP contribution in [-0.2, 0) is 84.4 Å². The average Bonchev–Trinajstić information content (AvgIpc) is 1.64. The first-order valence-electron chi connectivity index (χ1n) is 34.5. The highest BCUT2D eigenvalue weighted by Gasteiger charge is 2.26. The smallest absolute Gasteiger partial charge is 0.276 e. The monoisotopic (exact) mass is 1440 g/mol. The van der Waals surface area contributed by atoms with Gasteiger partial charge in [0.1, 0.15) is 29.2 Å². The van der Waals surface area contributed by atoms with Gasteiger partial charge in [0.05, 0.1) is 155 Å². The minimum absolute atomic E-state index is 0.0872. The van der Waals surface area contributed by atoms with E-state index in [2.05, 4.69) is 40.7 Å². The van der Waals surface area contributed by atoms with Crippen molar-refractivity contribution in [2.75, 3.05) is 215 Å². The molecule has 0 atom stereocenters. The number of benzene rings is 2. The highest BCUT2D eigenvalue weighted by molar-refractivity contribution is 6.47. The maximum Gasteiger partial charge on any atom is 0.276 e. The molecule has 2 aliphatic rings. The Morgan fingerprint density at radius 1 is 0.515 bits per heavy atom. The molecular formula is C69H102N16O18. The number of ether oxygens (including phenoxy) is 11. The largest absolute Gasteiger partial charge is 0.491 e. The van der Waals surface area contributed by atoms with Gasteiger partial charge in [-0.1, -0.05) is 12.2 Å². The molecule has 0 bridgehead atoms. The standard InChI is InChI=1S/C69H102N16O18/c1-5-74-56(44-50(3)70)66(91)79-68-77-54-46-52(64(72)89)10-11-58(54)83(68)16-7-8-17-84-63-55(78-69(84)80-67(92)57(75-6-2)45-51(4)71)47-53(65(73)90)48-59(63)103-23-9-15-81-18-20-82(21-19-81)22-25-94-27-29-96-31-33-98-35-37-100-39-41-102-43-42-101-40-38-99-36-34-97-32-30-95-28-26-93-24-14-76-60(86)49-85-61(87)12-13-62(85)88/h7-8,10-13,44-48H,5-6,9,14-43,49,70-71H2,1-4H3,(H2,72,89)(H2,73,90)(H,76,86)(H,77,79,91)(H,78,80,92)/b8-7+,50-44?,51-45?,74-56?,75-57?. The van der Waals surface area contributed by atoms with Crippen molar-refractivity contribution in [3.05, 3.63) is 89.3 Å². The SMILES string of the molecule is CCN=C(C=C(C)N)C(=O)Nc1nc2cc(C(N)=O)ccc2n1C/C=C/Cn1c(NC(=O)C(C=C(C)N)=NCC)nc2cc(C(N)=O)cc(OCCCN3CCN(CCOCCOCCOCCOCCOCCOCCOCCOCCOCCOCCNC(=O)CN4C(=O)C=CC4=O)CC3)c21. The molecule has 0 unspecified atom stereocenters. The Balaban J connectivity index is 0.805. The van der Waals surface area contributed by atoms with Crippen LogP contribution in [0.3, 0.4) is 0 Å². The number of allylic oxidation sites excluding steroid dienone is 4. The number of rotatable bonds is 54. The Hall–Kier alpha value is -8.91. The number of piperazine rings is 1. The van der Waals surface area contributed by atoms with Gasteiger partial charge in [-0.2, -0.15) is 0 Å². The number of hydrogen-bond acceptors (Lipinski definition) is 26. The second-order valence-electron chi connectivity index (χ2n) is 23.2. The number of nitrogens with two attached hydrogens (primary N) is 4. The Morgan fingerprint density at radius 3 is 1.39 bits per heavy atom. The van der Waals surface area contributed by atoms with Crippen LogP contribution in [0, 0.1) is 0 Å². The molecule has 34 heteroatoms. The fraction of sp³-hybridized carbons (Fsp3) is 0.551. The lowest BCUT2D eigenvalue weighted by molar-refractivity contribution is -0.141. The third-order valence-corrected chi connectivity index (χ3v) is 15.2. The molecule has 7 amide bonds. The number of aliphatic imine (C=N–C) groups is 2. The van der Waals surface area contributed by atoms with E-state index in [0.717, 1.165) is 56.3 Å². The molecule has 34 nitrogen and oxygen atoms in total. The lowest BCUT2D eigenvalue weighted by atomic mass is 10.1. The van der Waals surface area contributed by atoms with Gasteiger partial charge in [0.2, 0.25) is 29.6 Å². The van der Waals surface area contributed by atoms with Crippen LogP contribution >= 0.6 is 0 Å². The van der Waals surface area contributed by atoms with E-state index >= 15 is 0 Å². The summed E-state index contributed by atoms with van der Waals surface area (Å²) in [5.41, 5.74) is 26.5. The molecule has 566 valence electrons. The zero-order valence-corrected chi connectivity index (χ0v) is 59.6. The Morgan fingerprint density at radius 2 is 0.932 bits per heavy atom. The summed E-state index contributed by atoms with van der Waals surface area (Å²) in [5, 5.41) is 8.33. The number of imidazole rings is 2. The van der Waals surface area contributed by atoms with Gasteiger partial charge in [0.25, 0.3) is 23.6 Å². The van der Waals surface area contributed by atoms with E-state index in [-0.39, 0.29) is 73.8 Å². The summed E-state index contributed by atoms with van der Waals surface area (Å²) < 4.78 is 65.6. The van der Waals surface area contributed by atoms with Crippen LogP contribution in [0.15, 0.2) is 88.2 Å². The first-order chi connectivity index (χ1) is 50.0. The van der Waals surface area contributed by atoms with Crippen molar-refractivity contribution in [2.45, 2.75) is 47.2 Å². The summed E-state index contributed by atoms with van der Waals surface area (Å²) in [6, 6.07) is 7.93. The number of aromatic nitrogens is 4. The summed E-state index contributed by atoms with van der Waals surface area (Å²) >= 11 is 0. The number of nitrogens with zero attached hydrogens (tertiary/aromatic N) is 9. The Bertz CT molecular complexity index is 3540. The first kappa shape index (κ1) is 83.0. The van der Waals surface area contributed by atoms with Crippen LogP contribution in [-0.4, -0.2) is 291 Å². The third-order valence-electron chi connectivity index (χ3n) is 15.2. The zero-order chi connectivity index (χ0) is 74.0. The fourth-order valence-electron chi connectivity index (χ4n) is 10.2. The van der Waals surface area contributed by atoms with Crippen molar-refractivity contribution in [1.29, 1.82) is 0 Å². The topological polar surface area (TPSA) is 431 Å². The molecule has 103 heavy (non-hydrogen) atoms. The summed E-state index contributed by atoms with van der Waals surface area (Å²) in [6.07, 6.45) is 9.54. The van der Waals surface area contributed by atoms with Crippen molar-refractivity contribution >= 4 is 86.7 Å². The summed E-state index contributed by atoms with van der Waals surface area (Å²) in [7, 11) is 0. The van der Waals surface area contributed by atoms with Gasteiger partial charge in [-0.25, -0.2) is 9.97 Å². The molecule has 6 rings (SSSR count). The number of carbonyl (C=O) groups excluding carboxylic acids is 7. The Labute approximate surface area is 599 Å². The summed E-state index contributed by atoms with van der Waals surface area (Å²) in [4.78, 5) is 111. The van der Waals surface area contributed by atoms with Crippen LogP contribution in [0.25, 0.3) is 22.1 Å². The number of amides is 7. The minimum atomic E-state index is -0.691. The molecule has 0 radical (unpaired) electrons. The quantitative estimate of drug-likeness (QED) is 0.0140. The van der Waals surface area contributed by atoms with E-state index < -0.39 is 41.4 Å². The number of hydrogen-bond donors (Lipinski definition) is 7. The van der Waals surface area contributed by atoms with Gasteiger partial charge in [0, 0.05) is 107 Å². The zero-order valence-electron chi connectivity index (χ0n) is 59.6. The van der Waals surface area contributed by atoms with Crippen LogP contribution in [0.4, 0.5) is 11.9 Å². The predicted molar refractivity (Wildman–Crippen MR) is 385 cm³/mol. The third kappa shape index (κ3) is 30.5. The Kier molecular flexibility index (Phi) is 38.2. The summed E-state index contributed by atoms with van der Waals surface area (Å²) in [5.74, 6) is -3.26. The minimum Gasteiger partial charge on any atom is -0.491 e. The van der Waals surface area contributed by atoms with Gasteiger partial charge in [-0.3, -0.25) is 64.0 Å².